The Morgan fingerprint density at radius 1 is 0.348 bits per heavy atom. The second-order valence-electron chi connectivity index (χ2n) is 15.1. The van der Waals surface area contributed by atoms with Crippen LogP contribution in [0.25, 0.3) is 0 Å². The number of carbonyl (C=O) groups is 1. The maximum absolute atomic E-state index is 14.2. The van der Waals surface area contributed by atoms with E-state index in [1.807, 2.05) is 30.3 Å². The van der Waals surface area contributed by atoms with Crippen LogP contribution in [0.3, 0.4) is 0 Å². The number of rotatable bonds is 7. The van der Waals surface area contributed by atoms with E-state index in [9.17, 15) is 110 Å². The number of hydrogen-bond donors (Lipinski definition) is 0. The van der Waals surface area contributed by atoms with Crippen molar-refractivity contribution in [2.24, 2.45) is 0 Å². The van der Waals surface area contributed by atoms with Crippen molar-refractivity contribution in [2.75, 3.05) is 18.3 Å². The summed E-state index contributed by atoms with van der Waals surface area (Å²) in [5, 5.41) is 0. The van der Waals surface area contributed by atoms with Crippen LogP contribution in [0.2, 0.25) is 0 Å². The van der Waals surface area contributed by atoms with E-state index < -0.39 is 195 Å². The van der Waals surface area contributed by atoms with Crippen molar-refractivity contribution in [3.05, 3.63) is 153 Å². The molecule has 0 aliphatic carbocycles. The first-order valence-electron chi connectivity index (χ1n) is 18.4. The summed E-state index contributed by atoms with van der Waals surface area (Å²) in [6.45, 7) is 0. The van der Waals surface area contributed by atoms with Gasteiger partial charge in [-0.1, -0.05) is 78.9 Å². The molecule has 0 radical (unpaired) electrons. The third-order valence-electron chi connectivity index (χ3n) is 9.96. The van der Waals surface area contributed by atoms with E-state index in [0.29, 0.717) is 5.75 Å². The maximum Gasteiger partial charge on any atom is 0.416 e. The molecular weight excluding hydrogens is 1020 g/mol. The minimum absolute atomic E-state index is 0.204. The van der Waals surface area contributed by atoms with Crippen molar-refractivity contribution < 1.29 is 110 Å². The molecule has 0 unspecified atom stereocenters. The first-order chi connectivity index (χ1) is 31.0. The van der Waals surface area contributed by atoms with Crippen LogP contribution in [0.4, 0.5) is 105 Å². The predicted octanol–water partition coefficient (Wildman–Crippen LogP) is 13.0. The largest absolute Gasteiger partial charge is 0.416 e. The van der Waals surface area contributed by atoms with Crippen molar-refractivity contribution in [1.82, 2.24) is 0 Å². The van der Waals surface area contributed by atoms with Gasteiger partial charge in [0.05, 0.1) is 57.0 Å². The van der Waals surface area contributed by atoms with E-state index in [4.69, 9.17) is 0 Å². The number of alkyl halides is 24. The van der Waals surface area contributed by atoms with Crippen LogP contribution in [0.15, 0.2) is 103 Å². The first kappa shape index (κ1) is 56.1. The van der Waals surface area contributed by atoms with E-state index in [-0.39, 0.29) is 16.7 Å². The zero-order valence-corrected chi connectivity index (χ0v) is 34.8. The molecule has 0 saturated carbocycles. The summed E-state index contributed by atoms with van der Waals surface area (Å²) >= 11 is 0. The maximum atomic E-state index is 14.2. The van der Waals surface area contributed by atoms with Gasteiger partial charge in [-0.05, 0) is 35.2 Å². The van der Waals surface area contributed by atoms with Crippen molar-refractivity contribution in [3.8, 4) is 0 Å². The van der Waals surface area contributed by atoms with E-state index in [2.05, 4.69) is 12.5 Å². The van der Waals surface area contributed by atoms with E-state index in [1.54, 1.807) is 0 Å². The molecule has 0 bridgehead atoms. The number of ketones is 1. The molecule has 0 spiro atoms. The molecule has 0 heterocycles. The monoisotopic (exact) mass is 1040 g/mol. The zero-order chi connectivity index (χ0) is 52.9. The SMILES string of the molecule is C[S+](C)CC(=O)c1ccccc1.FC(F)(F)c1cc([B-](c2cc(C(F)(F)F)cc(C(F)(F)F)c2)(c2cc(C(F)(F)F)cc(C(F)(F)F)c2)c2cc(C(F)(F)F)cc(C(F)(F)F)c2)cc(C(F)(F)F)c1. The van der Waals surface area contributed by atoms with Crippen LogP contribution in [0.1, 0.15) is 54.9 Å². The van der Waals surface area contributed by atoms with Gasteiger partial charge in [0.1, 0.15) is 6.15 Å². The Kier molecular flexibility index (Phi) is 15.5. The lowest BCUT2D eigenvalue weighted by atomic mass is 9.12. The van der Waals surface area contributed by atoms with Crippen LogP contribution in [-0.2, 0) is 60.3 Å². The predicted molar refractivity (Wildman–Crippen MR) is 205 cm³/mol. The average molecular weight is 1040 g/mol. The van der Waals surface area contributed by atoms with Crippen molar-refractivity contribution in [1.29, 1.82) is 0 Å². The first-order valence-corrected chi connectivity index (χ1v) is 20.7. The molecule has 376 valence electrons. The summed E-state index contributed by atoms with van der Waals surface area (Å²) in [6, 6.07) is 0.654. The smallest absolute Gasteiger partial charge is 0.289 e. The van der Waals surface area contributed by atoms with Crippen molar-refractivity contribution in [3.63, 3.8) is 0 Å². The highest BCUT2D eigenvalue weighted by atomic mass is 32.2. The molecule has 0 aliphatic heterocycles. The fourth-order valence-electron chi connectivity index (χ4n) is 7.04. The summed E-state index contributed by atoms with van der Waals surface area (Å²) < 4.78 is 341. The normalized spacial score (nSPS) is 13.6. The highest BCUT2D eigenvalue weighted by molar-refractivity contribution is 7.96. The number of halogens is 24. The quantitative estimate of drug-likeness (QED) is 0.0687. The fourth-order valence-corrected chi connectivity index (χ4v) is 7.73. The van der Waals surface area contributed by atoms with Crippen LogP contribution in [-0.4, -0.2) is 30.2 Å². The Hall–Kier alpha value is -5.50. The minimum Gasteiger partial charge on any atom is -0.289 e. The van der Waals surface area contributed by atoms with Crippen LogP contribution >= 0.6 is 0 Å². The fraction of sp³-hybridized carbons (Fsp3) is 0.262. The van der Waals surface area contributed by atoms with Gasteiger partial charge in [0.2, 0.25) is 5.78 Å². The molecule has 0 saturated heterocycles. The van der Waals surface area contributed by atoms with Crippen LogP contribution in [0, 0.1) is 0 Å². The van der Waals surface area contributed by atoms with Gasteiger partial charge in [-0.3, -0.25) is 4.79 Å². The van der Waals surface area contributed by atoms with Gasteiger partial charge in [-0.25, -0.2) is 0 Å². The molecule has 69 heavy (non-hydrogen) atoms. The molecule has 1 nitrogen and oxygen atoms in total. The van der Waals surface area contributed by atoms with E-state index >= 15 is 0 Å². The lowest BCUT2D eigenvalue weighted by Crippen LogP contribution is -2.75. The van der Waals surface area contributed by atoms with E-state index in [0.717, 1.165) is 5.56 Å². The Bertz CT molecular complexity index is 2190. The number of carbonyl (C=O) groups excluding carboxylic acids is 1. The molecular formula is C42H25BF24OS. The highest BCUT2D eigenvalue weighted by Crippen LogP contribution is 2.41. The van der Waals surface area contributed by atoms with E-state index in [1.165, 1.54) is 0 Å². The highest BCUT2D eigenvalue weighted by Gasteiger charge is 2.47. The van der Waals surface area contributed by atoms with Gasteiger partial charge >= 0.3 is 49.4 Å². The Balaban J connectivity index is 0.000000750. The Morgan fingerprint density at radius 3 is 0.696 bits per heavy atom. The summed E-state index contributed by atoms with van der Waals surface area (Å²) in [6.07, 6.45) is -50.6. The second-order valence-corrected chi connectivity index (χ2v) is 17.4. The summed E-state index contributed by atoms with van der Waals surface area (Å²) in [4.78, 5) is 11.5. The summed E-state index contributed by atoms with van der Waals surface area (Å²) in [7, 11) is 0.204. The molecule has 27 heteroatoms. The molecule has 0 N–H and O–H groups in total. The second kappa shape index (κ2) is 19.0. The van der Waals surface area contributed by atoms with Gasteiger partial charge in [0, 0.05) is 5.56 Å². The molecule has 0 atom stereocenters. The molecule has 5 rings (SSSR count). The zero-order valence-electron chi connectivity index (χ0n) is 34.0. The van der Waals surface area contributed by atoms with Crippen molar-refractivity contribution in [2.45, 2.75) is 49.4 Å². The lowest BCUT2D eigenvalue weighted by molar-refractivity contribution is -0.144. The molecule has 5 aromatic rings. The van der Waals surface area contributed by atoms with Crippen molar-refractivity contribution >= 4 is 44.7 Å². The van der Waals surface area contributed by atoms with Crippen LogP contribution in [0.5, 0.6) is 0 Å². The molecule has 0 fully saturated rings. The molecule has 0 amide bonds. The third-order valence-corrected chi connectivity index (χ3v) is 10.8. The third kappa shape index (κ3) is 13.4. The number of benzene rings is 5. The van der Waals surface area contributed by atoms with Crippen LogP contribution < -0.4 is 21.9 Å². The topological polar surface area (TPSA) is 17.1 Å². The molecule has 5 aromatic carbocycles. The standard InChI is InChI=1S/C32H12BF24.C10H13OS/c34-25(35,36)13-1-14(26(37,38)39)6-21(5-13)33(22-7-15(27(40,41)42)2-16(8-22)28(43,44)45,23-9-17(29(46,47)48)3-18(10-23)30(49,50)51)24-11-19(31(52,53)54)4-20(12-24)32(55,56)57;1-12(2)8-10(11)9-6-4-3-5-7-9/h1-12H;3-7H,8H2,1-2H3/q-1;+1. The molecule has 0 aromatic heterocycles. The Morgan fingerprint density at radius 2 is 0.536 bits per heavy atom. The van der Waals surface area contributed by atoms with Gasteiger partial charge < -0.3 is 0 Å². The van der Waals surface area contributed by atoms with Gasteiger partial charge in [0.25, 0.3) is 0 Å². The summed E-state index contributed by atoms with van der Waals surface area (Å²) in [5.74, 6) is 0.924. The van der Waals surface area contributed by atoms with Gasteiger partial charge in [-0.2, -0.15) is 127 Å². The number of Topliss-reactive ketones (excluding diaryl/α,β-unsaturated/α-hetero) is 1. The number of hydrogen-bond acceptors (Lipinski definition) is 1. The minimum atomic E-state index is -6.13. The molecule has 0 aliphatic rings. The Labute approximate surface area is 375 Å². The average Bonchev–Trinajstić information content (AvgIpc) is 3.18. The lowest BCUT2D eigenvalue weighted by Gasteiger charge is -2.46. The summed E-state index contributed by atoms with van der Waals surface area (Å²) in [5.41, 5.74) is -29.4. The van der Waals surface area contributed by atoms with Gasteiger partial charge in [0.15, 0.2) is 5.75 Å². The van der Waals surface area contributed by atoms with Gasteiger partial charge in [-0.15, -0.1) is 0 Å².